The zero-order valence-corrected chi connectivity index (χ0v) is 8.50. The average molecular weight is 199 g/mol. The molecule has 0 heterocycles. The standard InChI is InChI=1S/C9H17N3O2/c1-7(10)12-6-4-3-5-9(2,11)8(13)14/h3-4H,5-6,11H2,1-2H3,(H2,10,12)(H,13,14)/b4-3+/t9-/m0/s1. The quantitative estimate of drug-likeness (QED) is 0.291. The van der Waals surface area contributed by atoms with Gasteiger partial charge in [-0.15, -0.1) is 0 Å². The van der Waals surface area contributed by atoms with Gasteiger partial charge in [-0.2, -0.15) is 0 Å². The van der Waals surface area contributed by atoms with Gasteiger partial charge >= 0.3 is 5.97 Å². The van der Waals surface area contributed by atoms with Crippen LogP contribution in [0, 0.1) is 5.41 Å². The Balaban J connectivity index is 3.82. The van der Waals surface area contributed by atoms with Crippen LogP contribution >= 0.6 is 0 Å². The summed E-state index contributed by atoms with van der Waals surface area (Å²) in [6.45, 7) is 3.62. The molecule has 0 aliphatic carbocycles. The van der Waals surface area contributed by atoms with Crippen molar-refractivity contribution in [3.05, 3.63) is 12.2 Å². The normalized spacial score (nSPS) is 15.1. The fourth-order valence-electron chi connectivity index (χ4n) is 0.711. The molecule has 0 aromatic rings. The lowest BCUT2D eigenvalue weighted by atomic mass is 10.00. The SMILES string of the molecule is CC(=N)NC/C=C/C[C@](C)(N)C(=O)O. The maximum atomic E-state index is 10.6. The molecule has 5 N–H and O–H groups in total. The number of carboxylic acid groups (broad SMARTS) is 1. The van der Waals surface area contributed by atoms with Gasteiger partial charge in [0.2, 0.25) is 0 Å². The van der Waals surface area contributed by atoms with E-state index in [1.807, 2.05) is 0 Å². The number of aliphatic carboxylic acids is 1. The molecule has 0 amide bonds. The lowest BCUT2D eigenvalue weighted by molar-refractivity contribution is -0.142. The first-order valence-electron chi connectivity index (χ1n) is 4.32. The van der Waals surface area contributed by atoms with Gasteiger partial charge in [0.1, 0.15) is 5.54 Å². The summed E-state index contributed by atoms with van der Waals surface area (Å²) in [5.41, 5.74) is 4.28. The van der Waals surface area contributed by atoms with Gasteiger partial charge in [0.05, 0.1) is 5.84 Å². The molecule has 0 saturated heterocycles. The molecular weight excluding hydrogens is 182 g/mol. The Morgan fingerprint density at radius 2 is 2.21 bits per heavy atom. The predicted octanol–water partition coefficient (Wildman–Crippen LogP) is 0.321. The van der Waals surface area contributed by atoms with Gasteiger partial charge in [-0.25, -0.2) is 0 Å². The van der Waals surface area contributed by atoms with Crippen molar-refractivity contribution in [2.24, 2.45) is 5.73 Å². The first-order valence-corrected chi connectivity index (χ1v) is 4.32. The van der Waals surface area contributed by atoms with Gasteiger partial charge in [-0.1, -0.05) is 12.2 Å². The molecule has 0 aromatic carbocycles. The highest BCUT2D eigenvalue weighted by molar-refractivity contribution is 5.78. The molecule has 0 aromatic heterocycles. The van der Waals surface area contributed by atoms with Crippen molar-refractivity contribution in [3.8, 4) is 0 Å². The van der Waals surface area contributed by atoms with Gasteiger partial charge in [0.25, 0.3) is 0 Å². The summed E-state index contributed by atoms with van der Waals surface area (Å²) >= 11 is 0. The van der Waals surface area contributed by atoms with Gasteiger partial charge < -0.3 is 16.2 Å². The Hall–Kier alpha value is -1.36. The second-order valence-corrected chi connectivity index (χ2v) is 3.40. The minimum absolute atomic E-state index is 0.279. The van der Waals surface area contributed by atoms with E-state index < -0.39 is 11.5 Å². The predicted molar refractivity (Wildman–Crippen MR) is 55.4 cm³/mol. The number of hydrogen-bond acceptors (Lipinski definition) is 3. The third kappa shape index (κ3) is 5.31. The number of hydrogen-bond donors (Lipinski definition) is 4. The van der Waals surface area contributed by atoms with Crippen molar-refractivity contribution < 1.29 is 9.90 Å². The Bertz CT molecular complexity index is 246. The highest BCUT2D eigenvalue weighted by atomic mass is 16.4. The lowest BCUT2D eigenvalue weighted by Crippen LogP contribution is -2.44. The van der Waals surface area contributed by atoms with Crippen LogP contribution in [0.3, 0.4) is 0 Å². The van der Waals surface area contributed by atoms with Crippen LogP contribution < -0.4 is 11.1 Å². The first kappa shape index (κ1) is 12.6. The van der Waals surface area contributed by atoms with Crippen molar-refractivity contribution in [1.82, 2.24) is 5.32 Å². The van der Waals surface area contributed by atoms with Crippen LogP contribution in [-0.2, 0) is 4.79 Å². The number of carbonyl (C=O) groups is 1. The summed E-state index contributed by atoms with van der Waals surface area (Å²) < 4.78 is 0. The van der Waals surface area contributed by atoms with E-state index in [-0.39, 0.29) is 6.42 Å². The van der Waals surface area contributed by atoms with Crippen LogP contribution in [0.1, 0.15) is 20.3 Å². The maximum Gasteiger partial charge on any atom is 0.323 e. The Kier molecular flexibility index (Phi) is 4.86. The first-order chi connectivity index (χ1) is 6.36. The van der Waals surface area contributed by atoms with Crippen molar-refractivity contribution in [1.29, 1.82) is 5.41 Å². The molecule has 0 unspecified atom stereocenters. The number of carboxylic acids is 1. The highest BCUT2D eigenvalue weighted by Crippen LogP contribution is 2.05. The number of nitrogens with one attached hydrogen (secondary N) is 2. The molecule has 80 valence electrons. The highest BCUT2D eigenvalue weighted by Gasteiger charge is 2.25. The number of rotatable bonds is 5. The second kappa shape index (κ2) is 5.39. The molecule has 0 spiro atoms. The van der Waals surface area contributed by atoms with Crippen LogP contribution in [0.25, 0.3) is 0 Å². The largest absolute Gasteiger partial charge is 0.480 e. The van der Waals surface area contributed by atoms with Crippen molar-refractivity contribution >= 4 is 11.8 Å². The molecular formula is C9H17N3O2. The van der Waals surface area contributed by atoms with Crippen LogP contribution in [0.4, 0.5) is 0 Å². The number of nitrogens with two attached hydrogens (primary N) is 1. The fourth-order valence-corrected chi connectivity index (χ4v) is 0.711. The maximum absolute atomic E-state index is 10.6. The van der Waals surface area contributed by atoms with E-state index in [0.717, 1.165) is 0 Å². The second-order valence-electron chi connectivity index (χ2n) is 3.40. The smallest absolute Gasteiger partial charge is 0.323 e. The van der Waals surface area contributed by atoms with Crippen molar-refractivity contribution in [3.63, 3.8) is 0 Å². The van der Waals surface area contributed by atoms with E-state index in [0.29, 0.717) is 12.4 Å². The molecule has 5 heteroatoms. The van der Waals surface area contributed by atoms with Gasteiger partial charge in [0.15, 0.2) is 0 Å². The summed E-state index contributed by atoms with van der Waals surface area (Å²) in [6, 6.07) is 0. The van der Waals surface area contributed by atoms with Crippen LogP contribution in [-0.4, -0.2) is 29.0 Å². The van der Waals surface area contributed by atoms with Crippen LogP contribution in [0.2, 0.25) is 0 Å². The van der Waals surface area contributed by atoms with E-state index in [9.17, 15) is 4.79 Å². The topological polar surface area (TPSA) is 99.2 Å². The molecule has 0 bridgehead atoms. The molecule has 0 radical (unpaired) electrons. The van der Waals surface area contributed by atoms with E-state index in [1.165, 1.54) is 6.92 Å². The van der Waals surface area contributed by atoms with E-state index in [2.05, 4.69) is 5.32 Å². The van der Waals surface area contributed by atoms with Gasteiger partial charge in [0, 0.05) is 6.54 Å². The zero-order chi connectivity index (χ0) is 11.2. The third-order valence-electron chi connectivity index (χ3n) is 1.68. The monoisotopic (exact) mass is 199 g/mol. The Labute approximate surface area is 83.5 Å². The Morgan fingerprint density at radius 3 is 2.64 bits per heavy atom. The lowest BCUT2D eigenvalue weighted by Gasteiger charge is -2.16. The van der Waals surface area contributed by atoms with E-state index in [4.69, 9.17) is 16.2 Å². The zero-order valence-electron chi connectivity index (χ0n) is 8.50. The molecule has 5 nitrogen and oxygen atoms in total. The minimum Gasteiger partial charge on any atom is -0.480 e. The Morgan fingerprint density at radius 1 is 1.64 bits per heavy atom. The molecule has 0 aliphatic rings. The molecule has 14 heavy (non-hydrogen) atoms. The van der Waals surface area contributed by atoms with Gasteiger partial charge in [-0.05, 0) is 20.3 Å². The van der Waals surface area contributed by atoms with Crippen molar-refractivity contribution in [2.45, 2.75) is 25.8 Å². The van der Waals surface area contributed by atoms with E-state index >= 15 is 0 Å². The fraction of sp³-hybridized carbons (Fsp3) is 0.556. The van der Waals surface area contributed by atoms with Gasteiger partial charge in [-0.3, -0.25) is 10.2 Å². The summed E-state index contributed by atoms with van der Waals surface area (Å²) in [5.74, 6) is -0.637. The molecule has 0 rings (SSSR count). The summed E-state index contributed by atoms with van der Waals surface area (Å²) in [7, 11) is 0. The molecule has 0 fully saturated rings. The molecule has 0 aliphatic heterocycles. The summed E-state index contributed by atoms with van der Waals surface area (Å²) in [5, 5.41) is 18.5. The van der Waals surface area contributed by atoms with Crippen molar-refractivity contribution in [2.75, 3.05) is 6.54 Å². The van der Waals surface area contributed by atoms with Crippen LogP contribution in [0.15, 0.2) is 12.2 Å². The van der Waals surface area contributed by atoms with Crippen LogP contribution in [0.5, 0.6) is 0 Å². The number of amidine groups is 1. The summed E-state index contributed by atoms with van der Waals surface area (Å²) in [4.78, 5) is 10.6. The minimum atomic E-state index is -1.21. The molecule has 0 saturated carbocycles. The van der Waals surface area contributed by atoms with E-state index in [1.54, 1.807) is 19.1 Å². The average Bonchev–Trinajstić information content (AvgIpc) is 2.02. The molecule has 1 atom stereocenters. The third-order valence-corrected chi connectivity index (χ3v) is 1.68. The summed E-state index contributed by atoms with van der Waals surface area (Å²) in [6.07, 6.45) is 3.73.